The summed E-state index contributed by atoms with van der Waals surface area (Å²) in [5.41, 5.74) is -0.168. The van der Waals surface area contributed by atoms with Crippen LogP contribution < -0.4 is 4.94 Å². The Morgan fingerprint density at radius 1 is 1.05 bits per heavy atom. The summed E-state index contributed by atoms with van der Waals surface area (Å²) in [5, 5.41) is 8.26. The lowest BCUT2D eigenvalue weighted by Crippen LogP contribution is -1.93. The molecule has 0 aromatic heterocycles. The predicted octanol–water partition coefficient (Wildman–Crippen LogP) is 4.70. The van der Waals surface area contributed by atoms with Gasteiger partial charge in [-0.3, -0.25) is 4.94 Å². The van der Waals surface area contributed by atoms with Crippen LogP contribution in [0.1, 0.15) is 16.7 Å². The smallest absolute Gasteiger partial charge is 0.174 e. The first-order chi connectivity index (χ1) is 10.4. The second-order valence-electron chi connectivity index (χ2n) is 4.17. The molecular weight excluding hydrogens is 305 g/mol. The topological polar surface area (TPSA) is 33.0 Å². The van der Waals surface area contributed by atoms with Crippen molar-refractivity contribution in [3.8, 4) is 11.8 Å². The van der Waals surface area contributed by atoms with Crippen LogP contribution in [0.25, 0.3) is 0 Å². The van der Waals surface area contributed by atoms with Gasteiger partial charge in [-0.15, -0.1) is 0 Å². The maximum absolute atomic E-state index is 12.6. The molecule has 116 valence electrons. The summed E-state index contributed by atoms with van der Waals surface area (Å²) in [7, 11) is 0. The number of nitriles is 1. The number of nitrogens with zero attached hydrogens (tertiary/aromatic N) is 1. The third-order valence-electron chi connectivity index (χ3n) is 2.57. The van der Waals surface area contributed by atoms with Crippen LogP contribution in [0.4, 0.5) is 22.1 Å². The molecule has 2 rings (SSSR count). The molecule has 0 aliphatic heterocycles. The van der Waals surface area contributed by atoms with Crippen molar-refractivity contribution < 1.29 is 27.0 Å². The zero-order valence-electron chi connectivity index (χ0n) is 11.3. The number of halogens is 5. The van der Waals surface area contributed by atoms with E-state index < -0.39 is 29.7 Å². The number of hydrogen-bond acceptors (Lipinski definition) is 2. The Morgan fingerprint density at radius 3 is 2.05 bits per heavy atom. The molecule has 2 nitrogen and oxygen atoms in total. The predicted molar refractivity (Wildman–Crippen MR) is 68.8 cm³/mol. The minimum Gasteiger partial charge on any atom is -0.294 e. The van der Waals surface area contributed by atoms with Gasteiger partial charge in [0.25, 0.3) is 0 Å². The van der Waals surface area contributed by atoms with Gasteiger partial charge in [0, 0.05) is 10.6 Å². The monoisotopic (exact) mass is 315 g/mol. The fourth-order valence-electron chi connectivity index (χ4n) is 1.49. The second-order valence-corrected chi connectivity index (χ2v) is 4.17. The zero-order valence-corrected chi connectivity index (χ0v) is 11.3. The lowest BCUT2D eigenvalue weighted by atomic mass is 10.1. The molecule has 0 heterocycles. The third-order valence-corrected chi connectivity index (χ3v) is 2.57. The number of rotatable bonds is 2. The maximum Gasteiger partial charge on any atom is 0.174 e. The highest BCUT2D eigenvalue weighted by Gasteiger charge is 2.08. The Kier molecular flexibility index (Phi) is 6.32. The molecule has 0 saturated carbocycles. The van der Waals surface area contributed by atoms with Gasteiger partial charge in [-0.1, -0.05) is 0 Å². The molecule has 0 unspecified atom stereocenters. The molecule has 0 saturated heterocycles. The standard InChI is InChI=1S/C8H7F3.C7H3F2NO/c1-5-2-7(10)6(4-9)8(11)3-5;8-7-3-6(11-9)2-1-5(7)4-10/h2-3H,4H2,1H3;1-3H. The normalized spacial score (nSPS) is 9.50. The van der Waals surface area contributed by atoms with E-state index in [0.29, 0.717) is 5.56 Å². The van der Waals surface area contributed by atoms with Crippen molar-refractivity contribution >= 4 is 0 Å². The summed E-state index contributed by atoms with van der Waals surface area (Å²) in [6, 6.07) is 6.93. The summed E-state index contributed by atoms with van der Waals surface area (Å²) in [6.07, 6.45) is 0. The lowest BCUT2D eigenvalue weighted by Gasteiger charge is -2.00. The third kappa shape index (κ3) is 4.45. The Balaban J connectivity index is 0.000000220. The summed E-state index contributed by atoms with van der Waals surface area (Å²) in [6.45, 7) is 0.451. The molecule has 0 aliphatic rings. The molecule has 0 N–H and O–H groups in total. The van der Waals surface area contributed by atoms with Crippen molar-refractivity contribution in [2.24, 2.45) is 0 Å². The van der Waals surface area contributed by atoms with E-state index in [2.05, 4.69) is 4.94 Å². The first kappa shape index (κ1) is 17.4. The van der Waals surface area contributed by atoms with Crippen molar-refractivity contribution in [1.29, 1.82) is 5.26 Å². The van der Waals surface area contributed by atoms with E-state index in [-0.39, 0.29) is 11.3 Å². The fourth-order valence-corrected chi connectivity index (χ4v) is 1.49. The highest BCUT2D eigenvalue weighted by molar-refractivity contribution is 5.35. The van der Waals surface area contributed by atoms with Gasteiger partial charge in [0.05, 0.1) is 11.1 Å². The molecule has 7 heteroatoms. The highest BCUT2D eigenvalue weighted by Crippen LogP contribution is 2.16. The van der Waals surface area contributed by atoms with Crippen molar-refractivity contribution in [2.75, 3.05) is 0 Å². The molecular formula is C15H10F5NO. The first-order valence-corrected chi connectivity index (χ1v) is 5.91. The van der Waals surface area contributed by atoms with Crippen molar-refractivity contribution in [3.05, 3.63) is 64.5 Å². The van der Waals surface area contributed by atoms with Crippen LogP contribution in [-0.4, -0.2) is 0 Å². The van der Waals surface area contributed by atoms with Gasteiger partial charge in [0.2, 0.25) is 0 Å². The highest BCUT2D eigenvalue weighted by atomic mass is 19.3. The fraction of sp³-hybridized carbons (Fsp3) is 0.133. The molecule has 0 fully saturated rings. The van der Waals surface area contributed by atoms with E-state index in [1.54, 1.807) is 13.0 Å². The Labute approximate surface area is 123 Å². The van der Waals surface area contributed by atoms with E-state index >= 15 is 0 Å². The maximum atomic E-state index is 12.6. The Morgan fingerprint density at radius 2 is 1.64 bits per heavy atom. The van der Waals surface area contributed by atoms with Crippen molar-refractivity contribution in [3.63, 3.8) is 0 Å². The van der Waals surface area contributed by atoms with Crippen molar-refractivity contribution in [2.45, 2.75) is 13.6 Å². The molecule has 2 aromatic rings. The Hall–Kier alpha value is -2.62. The summed E-state index contributed by atoms with van der Waals surface area (Å²) in [4.78, 5) is 3.25. The summed E-state index contributed by atoms with van der Waals surface area (Å²) >= 11 is 0. The van der Waals surface area contributed by atoms with Gasteiger partial charge in [0.1, 0.15) is 30.2 Å². The molecule has 0 bridgehead atoms. The van der Waals surface area contributed by atoms with Crippen LogP contribution in [0, 0.1) is 35.7 Å². The minimum absolute atomic E-state index is 0.134. The van der Waals surface area contributed by atoms with E-state index in [9.17, 15) is 22.1 Å². The zero-order chi connectivity index (χ0) is 16.7. The van der Waals surface area contributed by atoms with Crippen LogP contribution in [-0.2, 0) is 6.67 Å². The SMILES string of the molecule is Cc1cc(F)c(CF)c(F)c1.N#Cc1ccc(OF)cc1F. The minimum atomic E-state index is -1.10. The molecule has 0 amide bonds. The van der Waals surface area contributed by atoms with Gasteiger partial charge in [-0.05, 0) is 36.8 Å². The number of alkyl halides is 1. The largest absolute Gasteiger partial charge is 0.294 e. The molecule has 0 spiro atoms. The van der Waals surface area contributed by atoms with Crippen LogP contribution in [0.15, 0.2) is 30.3 Å². The number of aryl methyl sites for hydroxylation is 1. The molecule has 2 aromatic carbocycles. The number of hydrogen-bond donors (Lipinski definition) is 0. The second kappa shape index (κ2) is 7.98. The molecule has 0 radical (unpaired) electrons. The molecule has 0 aliphatic carbocycles. The van der Waals surface area contributed by atoms with Crippen molar-refractivity contribution in [1.82, 2.24) is 0 Å². The number of benzene rings is 2. The van der Waals surface area contributed by atoms with Crippen LogP contribution >= 0.6 is 0 Å². The van der Waals surface area contributed by atoms with E-state index in [1.165, 1.54) is 6.07 Å². The van der Waals surface area contributed by atoms with Gasteiger partial charge in [-0.25, -0.2) is 17.6 Å². The van der Waals surface area contributed by atoms with E-state index in [4.69, 9.17) is 5.26 Å². The van der Waals surface area contributed by atoms with Crippen LogP contribution in [0.3, 0.4) is 0 Å². The van der Waals surface area contributed by atoms with Gasteiger partial charge in [0.15, 0.2) is 5.75 Å². The van der Waals surface area contributed by atoms with E-state index in [1.807, 2.05) is 0 Å². The molecule has 0 atom stereocenters. The quantitative estimate of drug-likeness (QED) is 0.752. The van der Waals surface area contributed by atoms with Crippen LogP contribution in [0.5, 0.6) is 5.75 Å². The Bertz CT molecular complexity index is 674. The summed E-state index contributed by atoms with van der Waals surface area (Å²) in [5.74, 6) is -2.67. The van der Waals surface area contributed by atoms with Gasteiger partial charge in [-0.2, -0.15) is 5.26 Å². The van der Waals surface area contributed by atoms with Crippen LogP contribution in [0.2, 0.25) is 0 Å². The van der Waals surface area contributed by atoms with E-state index in [0.717, 1.165) is 24.3 Å². The van der Waals surface area contributed by atoms with Gasteiger partial charge >= 0.3 is 0 Å². The summed E-state index contributed by atoms with van der Waals surface area (Å²) < 4.78 is 61.1. The first-order valence-electron chi connectivity index (χ1n) is 5.91. The average molecular weight is 315 g/mol. The lowest BCUT2D eigenvalue weighted by molar-refractivity contribution is -0.00655. The average Bonchev–Trinajstić information content (AvgIpc) is 2.47. The van der Waals surface area contributed by atoms with Gasteiger partial charge < -0.3 is 0 Å². The molecule has 22 heavy (non-hydrogen) atoms.